The average molecular weight is 368 g/mol. The Bertz CT molecular complexity index is 873. The number of fused-ring (bicyclic) bond motifs is 1. The highest BCUT2D eigenvalue weighted by atomic mass is 35.5. The number of nitrogens with zero attached hydrogens (tertiary/aromatic N) is 3. The number of carbonyl (C=O) groups is 1. The van der Waals surface area contributed by atoms with E-state index in [0.717, 1.165) is 19.4 Å². The second-order valence-corrected chi connectivity index (χ2v) is 6.74. The third-order valence-electron chi connectivity index (χ3n) is 3.88. The largest absolute Gasteiger partial charge is 0.459 e. The molecular weight excluding hydrogens is 350 g/mol. The molecule has 1 aliphatic heterocycles. The summed E-state index contributed by atoms with van der Waals surface area (Å²) in [6.07, 6.45) is 1.68. The van der Waals surface area contributed by atoms with Gasteiger partial charge in [-0.2, -0.15) is 0 Å². The summed E-state index contributed by atoms with van der Waals surface area (Å²) in [7, 11) is 0. The molecular formula is C16H18ClN3O3S. The molecule has 0 unspecified atom stereocenters. The van der Waals surface area contributed by atoms with E-state index >= 15 is 0 Å². The van der Waals surface area contributed by atoms with Gasteiger partial charge in [0.1, 0.15) is 0 Å². The van der Waals surface area contributed by atoms with Crippen LogP contribution in [-0.4, -0.2) is 26.0 Å². The Labute approximate surface area is 149 Å². The maximum absolute atomic E-state index is 12.7. The first-order chi connectivity index (χ1) is 11.4. The molecule has 0 radical (unpaired) electrons. The highest BCUT2D eigenvalue weighted by molar-refractivity contribution is 7.71. The zero-order chi connectivity index (χ0) is 17.4. The quantitative estimate of drug-likeness (QED) is 0.617. The van der Waals surface area contributed by atoms with E-state index in [4.69, 9.17) is 28.6 Å². The number of carbonyl (C=O) groups excluding carboxylic acids is 1. The molecule has 0 N–H and O–H groups in total. The van der Waals surface area contributed by atoms with Crippen LogP contribution in [0.4, 0.5) is 0 Å². The molecule has 3 rings (SSSR count). The van der Waals surface area contributed by atoms with Gasteiger partial charge in [0.15, 0.2) is 0 Å². The Kier molecular flexibility index (Phi) is 4.64. The van der Waals surface area contributed by atoms with Gasteiger partial charge in [-0.05, 0) is 57.1 Å². The van der Waals surface area contributed by atoms with E-state index in [1.54, 1.807) is 36.7 Å². The van der Waals surface area contributed by atoms with Crippen molar-refractivity contribution in [2.45, 2.75) is 45.9 Å². The van der Waals surface area contributed by atoms with Crippen molar-refractivity contribution in [2.24, 2.45) is 0 Å². The summed E-state index contributed by atoms with van der Waals surface area (Å²) in [5.74, 6) is -0.521. The fourth-order valence-corrected chi connectivity index (χ4v) is 3.35. The third kappa shape index (κ3) is 2.93. The number of rotatable bonds is 3. The fraction of sp³-hybridized carbons (Fsp3) is 0.438. The van der Waals surface area contributed by atoms with Crippen LogP contribution in [0.1, 0.15) is 37.0 Å². The van der Waals surface area contributed by atoms with Gasteiger partial charge in [0.25, 0.3) is 0 Å². The fourth-order valence-electron chi connectivity index (χ4n) is 2.78. The SMILES string of the molecule is CC(C)OC(=O)c1cc(-n2c(=O)n3n(c2=S)CCCC3)ccc1Cl. The summed E-state index contributed by atoms with van der Waals surface area (Å²) in [5, 5.41) is 0.278. The second-order valence-electron chi connectivity index (χ2n) is 5.97. The lowest BCUT2D eigenvalue weighted by molar-refractivity contribution is 0.0378. The van der Waals surface area contributed by atoms with Crippen LogP contribution in [0.15, 0.2) is 23.0 Å². The average Bonchev–Trinajstić information content (AvgIpc) is 2.79. The lowest BCUT2D eigenvalue weighted by Crippen LogP contribution is -2.29. The highest BCUT2D eigenvalue weighted by Gasteiger charge is 2.20. The molecule has 2 aromatic rings. The van der Waals surface area contributed by atoms with Crippen LogP contribution in [0.2, 0.25) is 5.02 Å². The first-order valence-corrected chi connectivity index (χ1v) is 8.62. The summed E-state index contributed by atoms with van der Waals surface area (Å²) in [5.41, 5.74) is 0.531. The maximum atomic E-state index is 12.7. The molecule has 128 valence electrons. The Morgan fingerprint density at radius 1 is 1.25 bits per heavy atom. The van der Waals surface area contributed by atoms with Crippen molar-refractivity contribution in [3.05, 3.63) is 44.0 Å². The topological polar surface area (TPSA) is 58.2 Å². The van der Waals surface area contributed by atoms with Gasteiger partial charge in [0.05, 0.1) is 22.4 Å². The van der Waals surface area contributed by atoms with Crippen molar-refractivity contribution in [1.82, 2.24) is 13.9 Å². The summed E-state index contributed by atoms with van der Waals surface area (Å²) in [6, 6.07) is 4.81. The van der Waals surface area contributed by atoms with Crippen LogP contribution in [0.5, 0.6) is 0 Å². The smallest absolute Gasteiger partial charge is 0.349 e. The molecule has 0 amide bonds. The number of benzene rings is 1. The lowest BCUT2D eigenvalue weighted by atomic mass is 10.2. The van der Waals surface area contributed by atoms with Crippen molar-refractivity contribution < 1.29 is 9.53 Å². The number of ether oxygens (including phenoxy) is 1. The van der Waals surface area contributed by atoms with Crippen molar-refractivity contribution in [3.63, 3.8) is 0 Å². The molecule has 24 heavy (non-hydrogen) atoms. The number of hydrogen-bond acceptors (Lipinski definition) is 4. The van der Waals surface area contributed by atoms with Crippen LogP contribution in [-0.2, 0) is 17.8 Å². The zero-order valence-electron chi connectivity index (χ0n) is 13.5. The Morgan fingerprint density at radius 2 is 1.92 bits per heavy atom. The van der Waals surface area contributed by atoms with Gasteiger partial charge in [0, 0.05) is 13.1 Å². The van der Waals surface area contributed by atoms with E-state index in [1.165, 1.54) is 4.57 Å². The van der Waals surface area contributed by atoms with E-state index in [0.29, 0.717) is 17.0 Å². The van der Waals surface area contributed by atoms with E-state index in [-0.39, 0.29) is 22.4 Å². The molecule has 0 saturated carbocycles. The third-order valence-corrected chi connectivity index (χ3v) is 4.60. The molecule has 8 heteroatoms. The van der Waals surface area contributed by atoms with Crippen LogP contribution >= 0.6 is 23.8 Å². The van der Waals surface area contributed by atoms with E-state index in [9.17, 15) is 9.59 Å². The van der Waals surface area contributed by atoms with Gasteiger partial charge >= 0.3 is 11.7 Å². The van der Waals surface area contributed by atoms with E-state index in [1.807, 2.05) is 4.68 Å². The molecule has 1 aliphatic rings. The van der Waals surface area contributed by atoms with Crippen molar-refractivity contribution >= 4 is 29.8 Å². The molecule has 2 heterocycles. The number of halogens is 1. The summed E-state index contributed by atoms with van der Waals surface area (Å²) >= 11 is 11.6. The second kappa shape index (κ2) is 6.57. The predicted octanol–water partition coefficient (Wildman–Crippen LogP) is 3.18. The van der Waals surface area contributed by atoms with Crippen molar-refractivity contribution in [2.75, 3.05) is 0 Å². The predicted molar refractivity (Wildman–Crippen MR) is 93.6 cm³/mol. The van der Waals surface area contributed by atoms with Gasteiger partial charge in [-0.3, -0.25) is 4.68 Å². The van der Waals surface area contributed by atoms with Gasteiger partial charge in [-0.1, -0.05) is 11.6 Å². The molecule has 1 aromatic heterocycles. The number of hydrogen-bond donors (Lipinski definition) is 0. The van der Waals surface area contributed by atoms with E-state index in [2.05, 4.69) is 0 Å². The minimum absolute atomic E-state index is 0.204. The first kappa shape index (κ1) is 17.0. The number of aromatic nitrogens is 3. The first-order valence-electron chi connectivity index (χ1n) is 7.83. The zero-order valence-corrected chi connectivity index (χ0v) is 15.1. The van der Waals surface area contributed by atoms with Gasteiger partial charge in [-0.25, -0.2) is 18.8 Å². The normalized spacial score (nSPS) is 13.8. The minimum atomic E-state index is -0.521. The molecule has 0 atom stereocenters. The van der Waals surface area contributed by atoms with E-state index < -0.39 is 5.97 Å². The Morgan fingerprint density at radius 3 is 2.54 bits per heavy atom. The van der Waals surface area contributed by atoms with Crippen LogP contribution in [0, 0.1) is 4.77 Å². The van der Waals surface area contributed by atoms with Gasteiger partial charge in [-0.15, -0.1) is 0 Å². The van der Waals surface area contributed by atoms with Gasteiger partial charge in [0.2, 0.25) is 4.77 Å². The van der Waals surface area contributed by atoms with Crippen LogP contribution in [0.3, 0.4) is 0 Å². The van der Waals surface area contributed by atoms with Crippen LogP contribution < -0.4 is 5.69 Å². The molecule has 0 bridgehead atoms. The molecule has 6 nitrogen and oxygen atoms in total. The standard InChI is InChI=1S/C16H18ClN3O3S/c1-10(2)23-14(21)12-9-11(5-6-13(12)17)20-15(22)18-7-3-4-8-19(18)16(20)24/h5-6,9-10H,3-4,7-8H2,1-2H3. The summed E-state index contributed by atoms with van der Waals surface area (Å²) < 4.78 is 10.5. The molecule has 1 aromatic carbocycles. The monoisotopic (exact) mass is 367 g/mol. The molecule has 0 fully saturated rings. The Hall–Kier alpha value is -1.86. The highest BCUT2D eigenvalue weighted by Crippen LogP contribution is 2.21. The summed E-state index contributed by atoms with van der Waals surface area (Å²) in [4.78, 5) is 24.9. The molecule has 0 saturated heterocycles. The minimum Gasteiger partial charge on any atom is -0.459 e. The lowest BCUT2D eigenvalue weighted by Gasteiger charge is -2.14. The van der Waals surface area contributed by atoms with Crippen molar-refractivity contribution in [3.8, 4) is 5.69 Å². The maximum Gasteiger partial charge on any atom is 0.349 e. The van der Waals surface area contributed by atoms with Gasteiger partial charge < -0.3 is 4.74 Å². The Balaban J connectivity index is 2.12. The number of esters is 1. The van der Waals surface area contributed by atoms with Crippen molar-refractivity contribution in [1.29, 1.82) is 0 Å². The van der Waals surface area contributed by atoms with Crippen LogP contribution in [0.25, 0.3) is 5.69 Å². The molecule has 0 spiro atoms. The summed E-state index contributed by atoms with van der Waals surface area (Å²) in [6.45, 7) is 4.89. The molecule has 0 aliphatic carbocycles.